The summed E-state index contributed by atoms with van der Waals surface area (Å²) in [7, 11) is 3.25. The first kappa shape index (κ1) is 15.4. The van der Waals surface area contributed by atoms with Crippen molar-refractivity contribution >= 4 is 31.9 Å². The molecular weight excluding hydrogens is 386 g/mol. The van der Waals surface area contributed by atoms with E-state index in [0.29, 0.717) is 0 Å². The predicted molar refractivity (Wildman–Crippen MR) is 87.4 cm³/mol. The fourth-order valence-electron chi connectivity index (χ4n) is 1.94. The van der Waals surface area contributed by atoms with Crippen LogP contribution in [0.4, 0.5) is 0 Å². The Labute approximate surface area is 135 Å². The van der Waals surface area contributed by atoms with Gasteiger partial charge in [0.15, 0.2) is 0 Å². The molecule has 0 bridgehead atoms. The number of rotatable bonds is 4. The van der Waals surface area contributed by atoms with E-state index < -0.39 is 0 Å². The maximum absolute atomic E-state index is 6.36. The monoisotopic (exact) mass is 399 g/mol. The average Bonchev–Trinajstić information content (AvgIpc) is 2.46. The molecule has 0 radical (unpaired) electrons. The predicted octanol–water partition coefficient (Wildman–Crippen LogP) is 4.28. The largest absolute Gasteiger partial charge is 0.497 e. The molecule has 2 N–H and O–H groups in total. The van der Waals surface area contributed by atoms with E-state index >= 15 is 0 Å². The quantitative estimate of drug-likeness (QED) is 0.832. The molecule has 1 atom stereocenters. The van der Waals surface area contributed by atoms with Crippen molar-refractivity contribution in [3.63, 3.8) is 0 Å². The van der Waals surface area contributed by atoms with E-state index in [2.05, 4.69) is 31.9 Å². The molecule has 0 saturated heterocycles. The molecule has 2 aromatic rings. The third kappa shape index (κ3) is 3.34. The zero-order valence-corrected chi connectivity index (χ0v) is 14.4. The summed E-state index contributed by atoms with van der Waals surface area (Å²) >= 11 is 6.98. The number of hydrogen-bond acceptors (Lipinski definition) is 3. The van der Waals surface area contributed by atoms with Crippen molar-refractivity contribution in [2.75, 3.05) is 14.2 Å². The van der Waals surface area contributed by atoms with E-state index in [1.807, 2.05) is 36.4 Å². The van der Waals surface area contributed by atoms with Crippen LogP contribution < -0.4 is 15.2 Å². The fourth-order valence-corrected chi connectivity index (χ4v) is 3.24. The molecule has 3 nitrogen and oxygen atoms in total. The van der Waals surface area contributed by atoms with E-state index in [1.54, 1.807) is 14.2 Å². The van der Waals surface area contributed by atoms with Gasteiger partial charge >= 0.3 is 0 Å². The second-order valence-corrected chi connectivity index (χ2v) is 6.06. The van der Waals surface area contributed by atoms with Crippen LogP contribution in [0.3, 0.4) is 0 Å². The number of hydrogen-bond donors (Lipinski definition) is 1. The second-order valence-electron chi connectivity index (χ2n) is 4.29. The summed E-state index contributed by atoms with van der Waals surface area (Å²) in [5.41, 5.74) is 8.30. The minimum Gasteiger partial charge on any atom is -0.497 e. The summed E-state index contributed by atoms with van der Waals surface area (Å²) in [6, 6.07) is 11.3. The van der Waals surface area contributed by atoms with Crippen LogP contribution >= 0.6 is 31.9 Å². The smallest absolute Gasteiger partial charge is 0.122 e. The normalized spacial score (nSPS) is 12.1. The lowest BCUT2D eigenvalue weighted by molar-refractivity contribution is 0.393. The van der Waals surface area contributed by atoms with Crippen LogP contribution in [0.25, 0.3) is 0 Å². The summed E-state index contributed by atoms with van der Waals surface area (Å²) in [6.07, 6.45) is 0. The van der Waals surface area contributed by atoms with E-state index in [-0.39, 0.29) is 6.04 Å². The minimum absolute atomic E-state index is 0.263. The fraction of sp³-hybridized carbons (Fsp3) is 0.200. The molecule has 0 fully saturated rings. The van der Waals surface area contributed by atoms with Gasteiger partial charge in [-0.05, 0) is 35.4 Å². The van der Waals surface area contributed by atoms with Gasteiger partial charge in [-0.3, -0.25) is 0 Å². The van der Waals surface area contributed by atoms with Gasteiger partial charge in [-0.15, -0.1) is 0 Å². The van der Waals surface area contributed by atoms with Crippen LogP contribution in [-0.2, 0) is 0 Å². The van der Waals surface area contributed by atoms with Gasteiger partial charge < -0.3 is 15.2 Å². The van der Waals surface area contributed by atoms with Crippen LogP contribution in [0.1, 0.15) is 17.2 Å². The van der Waals surface area contributed by atoms with E-state index in [1.165, 1.54) is 0 Å². The molecule has 2 aromatic carbocycles. The van der Waals surface area contributed by atoms with Crippen LogP contribution in [0.2, 0.25) is 0 Å². The third-order valence-corrected chi connectivity index (χ3v) is 4.21. The standard InChI is InChI=1S/C15H15Br2NO2/c1-19-11-5-9(6-12(8-11)20-2)15(18)13-4-3-10(16)7-14(13)17/h3-8,15H,18H2,1-2H3. The Bertz CT molecular complexity index is 595. The first-order valence-corrected chi connectivity index (χ1v) is 7.57. The molecule has 0 aliphatic carbocycles. The third-order valence-electron chi connectivity index (χ3n) is 3.03. The first-order chi connectivity index (χ1) is 9.55. The molecule has 106 valence electrons. The van der Waals surface area contributed by atoms with Crippen molar-refractivity contribution in [3.05, 3.63) is 56.5 Å². The molecule has 0 saturated carbocycles. The zero-order valence-electron chi connectivity index (χ0n) is 11.2. The lowest BCUT2D eigenvalue weighted by Crippen LogP contribution is -2.12. The Hall–Kier alpha value is -1.04. The average molecular weight is 401 g/mol. The number of ether oxygens (including phenoxy) is 2. The first-order valence-electron chi connectivity index (χ1n) is 5.98. The molecule has 2 rings (SSSR count). The van der Waals surface area contributed by atoms with Crippen molar-refractivity contribution < 1.29 is 9.47 Å². The molecule has 0 spiro atoms. The highest BCUT2D eigenvalue weighted by Gasteiger charge is 2.14. The summed E-state index contributed by atoms with van der Waals surface area (Å²) in [6.45, 7) is 0. The van der Waals surface area contributed by atoms with Crippen LogP contribution in [0, 0.1) is 0 Å². The Morgan fingerprint density at radius 2 is 1.55 bits per heavy atom. The topological polar surface area (TPSA) is 44.5 Å². The number of methoxy groups -OCH3 is 2. The minimum atomic E-state index is -0.263. The Morgan fingerprint density at radius 3 is 2.05 bits per heavy atom. The van der Waals surface area contributed by atoms with Gasteiger partial charge in [0, 0.05) is 15.0 Å². The highest BCUT2D eigenvalue weighted by Crippen LogP contribution is 2.32. The molecule has 0 amide bonds. The Balaban J connectivity index is 2.44. The number of benzene rings is 2. The maximum atomic E-state index is 6.36. The maximum Gasteiger partial charge on any atom is 0.122 e. The van der Waals surface area contributed by atoms with E-state index in [4.69, 9.17) is 15.2 Å². The van der Waals surface area contributed by atoms with E-state index in [0.717, 1.165) is 31.6 Å². The van der Waals surface area contributed by atoms with Gasteiger partial charge in [0.25, 0.3) is 0 Å². The van der Waals surface area contributed by atoms with Gasteiger partial charge in [0.2, 0.25) is 0 Å². The van der Waals surface area contributed by atoms with Gasteiger partial charge in [0.1, 0.15) is 11.5 Å². The molecule has 5 heteroatoms. The molecular formula is C15H15Br2NO2. The summed E-state index contributed by atoms with van der Waals surface area (Å²) in [4.78, 5) is 0. The molecule has 0 aliphatic heterocycles. The number of nitrogens with two attached hydrogens (primary N) is 1. The molecule has 0 heterocycles. The summed E-state index contributed by atoms with van der Waals surface area (Å²) < 4.78 is 12.5. The zero-order chi connectivity index (χ0) is 14.7. The molecule has 20 heavy (non-hydrogen) atoms. The van der Waals surface area contributed by atoms with Crippen LogP contribution in [0.15, 0.2) is 45.3 Å². The van der Waals surface area contributed by atoms with Crippen molar-refractivity contribution in [2.45, 2.75) is 6.04 Å². The lowest BCUT2D eigenvalue weighted by Gasteiger charge is -2.17. The van der Waals surface area contributed by atoms with Crippen LogP contribution in [0.5, 0.6) is 11.5 Å². The second kappa shape index (κ2) is 6.61. The van der Waals surface area contributed by atoms with Crippen molar-refractivity contribution in [1.29, 1.82) is 0 Å². The lowest BCUT2D eigenvalue weighted by atomic mass is 9.99. The molecule has 0 aliphatic rings. The SMILES string of the molecule is COc1cc(OC)cc(C(N)c2ccc(Br)cc2Br)c1. The highest BCUT2D eigenvalue weighted by molar-refractivity contribution is 9.11. The van der Waals surface area contributed by atoms with Crippen molar-refractivity contribution in [1.82, 2.24) is 0 Å². The van der Waals surface area contributed by atoms with Crippen molar-refractivity contribution in [2.24, 2.45) is 5.73 Å². The van der Waals surface area contributed by atoms with Gasteiger partial charge in [-0.1, -0.05) is 37.9 Å². The Kier molecular flexibility index (Phi) is 5.07. The van der Waals surface area contributed by atoms with Gasteiger partial charge in [-0.2, -0.15) is 0 Å². The molecule has 1 unspecified atom stereocenters. The van der Waals surface area contributed by atoms with Crippen molar-refractivity contribution in [3.8, 4) is 11.5 Å². The van der Waals surface area contributed by atoms with Gasteiger partial charge in [-0.25, -0.2) is 0 Å². The summed E-state index contributed by atoms with van der Waals surface area (Å²) in [5.74, 6) is 1.45. The molecule has 0 aromatic heterocycles. The van der Waals surface area contributed by atoms with E-state index in [9.17, 15) is 0 Å². The van der Waals surface area contributed by atoms with Gasteiger partial charge in [0.05, 0.1) is 20.3 Å². The highest BCUT2D eigenvalue weighted by atomic mass is 79.9. The number of halogens is 2. The Morgan fingerprint density at radius 1 is 0.950 bits per heavy atom. The summed E-state index contributed by atoms with van der Waals surface area (Å²) in [5, 5.41) is 0. The van der Waals surface area contributed by atoms with Crippen LogP contribution in [-0.4, -0.2) is 14.2 Å².